The molecule has 3 N–H and O–H groups in total. The monoisotopic (exact) mass is 1350 g/mol. The maximum absolute atomic E-state index is 13.0. The first-order chi connectivity index (χ1) is 44.5. The highest BCUT2D eigenvalue weighted by molar-refractivity contribution is 7.47. The largest absolute Gasteiger partial charge is 0.472 e. The summed E-state index contributed by atoms with van der Waals surface area (Å²) < 4.78 is 68.4. The average molecular weight is 1350 g/mol. The summed E-state index contributed by atoms with van der Waals surface area (Å²) in [6.45, 7) is 7.22. The molecule has 0 spiro atoms. The molecule has 2 unspecified atom stereocenters. The zero-order chi connectivity index (χ0) is 67.7. The van der Waals surface area contributed by atoms with Crippen LogP contribution in [0.1, 0.15) is 381 Å². The number of esters is 4. The number of phosphoric ester groups is 2. The Morgan fingerprint density at radius 1 is 0.293 bits per heavy atom. The van der Waals surface area contributed by atoms with E-state index in [2.05, 4.69) is 34.6 Å². The van der Waals surface area contributed by atoms with Crippen LogP contribution in [0.5, 0.6) is 0 Å². The van der Waals surface area contributed by atoms with E-state index in [1.807, 2.05) is 0 Å². The van der Waals surface area contributed by atoms with Gasteiger partial charge in [0, 0.05) is 25.7 Å². The van der Waals surface area contributed by atoms with Gasteiger partial charge in [-0.05, 0) is 31.6 Å². The molecule has 92 heavy (non-hydrogen) atoms. The normalized spacial score (nSPS) is 14.0. The molecule has 0 radical (unpaired) electrons. The first-order valence-corrected chi connectivity index (χ1v) is 41.1. The van der Waals surface area contributed by atoms with Crippen LogP contribution in [-0.2, 0) is 65.4 Å². The Morgan fingerprint density at radius 2 is 0.500 bits per heavy atom. The highest BCUT2D eigenvalue weighted by atomic mass is 31.2. The predicted molar refractivity (Wildman–Crippen MR) is 372 cm³/mol. The zero-order valence-corrected chi connectivity index (χ0v) is 61.5. The Balaban J connectivity index is 5.20. The van der Waals surface area contributed by atoms with E-state index in [1.165, 1.54) is 205 Å². The van der Waals surface area contributed by atoms with Crippen molar-refractivity contribution in [3.05, 3.63) is 0 Å². The Bertz CT molecular complexity index is 1770. The minimum atomic E-state index is -4.95. The Morgan fingerprint density at radius 3 is 0.739 bits per heavy atom. The molecule has 546 valence electrons. The number of aliphatic hydroxyl groups is 1. The molecular formula is C73H142O17P2. The standard InChI is InChI=1S/C73H142O17P2/c1-6-9-12-15-18-21-24-26-27-28-29-30-31-32-34-37-43-48-53-58-72(77)89-68(62-84-71(76)57-52-47-42-36-33-25-22-19-16-13-10-7-2)64-87-91(79,80)85-60-67(74)61-86-92(81,82)88-65-69(63-83-70(75)56-51-46-41-35-23-20-17-14-11-8-3)90-73(78)59-54-49-44-39-38-40-45-50-55-66(4)5/h66-69,74H,6-65H2,1-5H3,(H,79,80)(H,81,82)/t67-,68-,69-/m1/s1. The van der Waals surface area contributed by atoms with Crippen LogP contribution in [-0.4, -0.2) is 96.7 Å². The molecule has 0 saturated heterocycles. The minimum Gasteiger partial charge on any atom is -0.462 e. The lowest BCUT2D eigenvalue weighted by Crippen LogP contribution is -2.30. The molecule has 0 heterocycles. The van der Waals surface area contributed by atoms with Crippen LogP contribution in [0, 0.1) is 5.92 Å². The molecule has 19 heteroatoms. The third-order valence-corrected chi connectivity index (χ3v) is 18.9. The fourth-order valence-corrected chi connectivity index (χ4v) is 12.8. The van der Waals surface area contributed by atoms with Gasteiger partial charge in [0.05, 0.1) is 26.4 Å². The maximum Gasteiger partial charge on any atom is 0.472 e. The van der Waals surface area contributed by atoms with Crippen molar-refractivity contribution in [2.24, 2.45) is 5.92 Å². The number of hydrogen-bond donors (Lipinski definition) is 3. The van der Waals surface area contributed by atoms with Crippen LogP contribution in [0.2, 0.25) is 0 Å². The number of hydrogen-bond acceptors (Lipinski definition) is 15. The quantitative estimate of drug-likeness (QED) is 0.0222. The second kappa shape index (κ2) is 66.3. The van der Waals surface area contributed by atoms with E-state index in [-0.39, 0.29) is 25.7 Å². The molecule has 0 aliphatic heterocycles. The molecule has 0 aromatic rings. The molecule has 0 amide bonds. The van der Waals surface area contributed by atoms with Gasteiger partial charge in [-0.15, -0.1) is 0 Å². The summed E-state index contributed by atoms with van der Waals surface area (Å²) in [5.41, 5.74) is 0. The Kier molecular flexibility index (Phi) is 64.9. The van der Waals surface area contributed by atoms with Crippen molar-refractivity contribution in [3.63, 3.8) is 0 Å². The lowest BCUT2D eigenvalue weighted by atomic mass is 10.0. The smallest absolute Gasteiger partial charge is 0.462 e. The van der Waals surface area contributed by atoms with Crippen LogP contribution >= 0.6 is 15.6 Å². The lowest BCUT2D eigenvalue weighted by Gasteiger charge is -2.21. The van der Waals surface area contributed by atoms with Crippen molar-refractivity contribution in [2.45, 2.75) is 400 Å². The number of ether oxygens (including phenoxy) is 4. The summed E-state index contributed by atoms with van der Waals surface area (Å²) in [6.07, 6.45) is 54.1. The van der Waals surface area contributed by atoms with Gasteiger partial charge in [0.25, 0.3) is 0 Å². The van der Waals surface area contributed by atoms with Gasteiger partial charge < -0.3 is 33.8 Å². The van der Waals surface area contributed by atoms with Gasteiger partial charge in [-0.2, -0.15) is 0 Å². The molecule has 17 nitrogen and oxygen atoms in total. The van der Waals surface area contributed by atoms with Crippen LogP contribution in [0.3, 0.4) is 0 Å². The molecule has 0 rings (SSSR count). The SMILES string of the molecule is CCCCCCCCCCCCCCCCCCCCCC(=O)O[C@H](COC(=O)CCCCCCCCCCCCCC)COP(=O)(O)OC[C@@H](O)COP(=O)(O)OC[C@@H](COC(=O)CCCCCCCCCCCC)OC(=O)CCCCCCCCCCC(C)C. The van der Waals surface area contributed by atoms with Crippen molar-refractivity contribution in [1.29, 1.82) is 0 Å². The Labute approximate surface area is 562 Å². The molecule has 0 bridgehead atoms. The topological polar surface area (TPSA) is 237 Å². The highest BCUT2D eigenvalue weighted by Crippen LogP contribution is 2.45. The van der Waals surface area contributed by atoms with Gasteiger partial charge in [-0.1, -0.05) is 330 Å². The van der Waals surface area contributed by atoms with Gasteiger partial charge in [0.1, 0.15) is 19.3 Å². The molecule has 0 fully saturated rings. The lowest BCUT2D eigenvalue weighted by molar-refractivity contribution is -0.161. The first kappa shape index (κ1) is 90.1. The van der Waals surface area contributed by atoms with E-state index < -0.39 is 97.5 Å². The number of carbonyl (C=O) groups excluding carboxylic acids is 4. The van der Waals surface area contributed by atoms with Gasteiger partial charge >= 0.3 is 39.5 Å². The summed E-state index contributed by atoms with van der Waals surface area (Å²) in [4.78, 5) is 72.6. The molecule has 0 saturated carbocycles. The molecule has 0 aliphatic carbocycles. The van der Waals surface area contributed by atoms with E-state index >= 15 is 0 Å². The number of carbonyl (C=O) groups is 4. The van der Waals surface area contributed by atoms with Crippen LogP contribution in [0.25, 0.3) is 0 Å². The van der Waals surface area contributed by atoms with Crippen LogP contribution in [0.15, 0.2) is 0 Å². The second-order valence-corrected chi connectivity index (χ2v) is 29.7. The number of unbranched alkanes of at least 4 members (excludes halogenated alkanes) is 45. The van der Waals surface area contributed by atoms with Gasteiger partial charge in [0.2, 0.25) is 0 Å². The summed E-state index contributed by atoms with van der Waals surface area (Å²) in [7, 11) is -9.90. The molecule has 0 aromatic heterocycles. The molecular weight excluding hydrogens is 1210 g/mol. The summed E-state index contributed by atoms with van der Waals surface area (Å²) in [5, 5.41) is 10.6. The third kappa shape index (κ3) is 66.7. The predicted octanol–water partition coefficient (Wildman–Crippen LogP) is 21.3. The molecule has 0 aliphatic rings. The summed E-state index contributed by atoms with van der Waals surface area (Å²) in [6, 6.07) is 0. The van der Waals surface area contributed by atoms with Crippen LogP contribution in [0.4, 0.5) is 0 Å². The molecule has 5 atom stereocenters. The van der Waals surface area contributed by atoms with Crippen molar-refractivity contribution in [3.8, 4) is 0 Å². The molecule has 0 aromatic carbocycles. The van der Waals surface area contributed by atoms with E-state index in [4.69, 9.17) is 37.0 Å². The zero-order valence-electron chi connectivity index (χ0n) is 59.7. The highest BCUT2D eigenvalue weighted by Gasteiger charge is 2.30. The van der Waals surface area contributed by atoms with E-state index in [1.54, 1.807) is 0 Å². The second-order valence-electron chi connectivity index (χ2n) is 26.8. The first-order valence-electron chi connectivity index (χ1n) is 38.1. The summed E-state index contributed by atoms with van der Waals surface area (Å²) >= 11 is 0. The van der Waals surface area contributed by atoms with Crippen molar-refractivity contribution < 1.29 is 80.2 Å². The fourth-order valence-electron chi connectivity index (χ4n) is 11.2. The van der Waals surface area contributed by atoms with E-state index in [0.29, 0.717) is 25.7 Å². The van der Waals surface area contributed by atoms with Crippen molar-refractivity contribution in [2.75, 3.05) is 39.6 Å². The number of rotatable bonds is 73. The van der Waals surface area contributed by atoms with Crippen LogP contribution < -0.4 is 0 Å². The van der Waals surface area contributed by atoms with Crippen molar-refractivity contribution in [1.82, 2.24) is 0 Å². The van der Waals surface area contributed by atoms with E-state index in [0.717, 1.165) is 95.8 Å². The van der Waals surface area contributed by atoms with Gasteiger partial charge in [0.15, 0.2) is 12.2 Å². The Hall–Kier alpha value is -1.94. The third-order valence-electron chi connectivity index (χ3n) is 17.0. The minimum absolute atomic E-state index is 0.105. The average Bonchev–Trinajstić information content (AvgIpc) is 2.81. The number of aliphatic hydroxyl groups excluding tert-OH is 1. The number of phosphoric acid groups is 2. The van der Waals surface area contributed by atoms with Gasteiger partial charge in [-0.3, -0.25) is 37.3 Å². The van der Waals surface area contributed by atoms with Crippen molar-refractivity contribution >= 4 is 39.5 Å². The van der Waals surface area contributed by atoms with Gasteiger partial charge in [-0.25, -0.2) is 9.13 Å². The fraction of sp³-hybridized carbons (Fsp3) is 0.945. The summed E-state index contributed by atoms with van der Waals surface area (Å²) in [5.74, 6) is -1.40. The van der Waals surface area contributed by atoms with E-state index in [9.17, 15) is 43.2 Å². The maximum atomic E-state index is 13.0.